The molecule has 0 aliphatic carbocycles. The van der Waals surface area contributed by atoms with Crippen molar-refractivity contribution >= 4 is 17.7 Å². The van der Waals surface area contributed by atoms with Gasteiger partial charge >= 0.3 is 5.97 Å². The van der Waals surface area contributed by atoms with Crippen LogP contribution in [0.15, 0.2) is 54.0 Å². The van der Waals surface area contributed by atoms with E-state index in [4.69, 9.17) is 5.11 Å². The molecule has 0 bridgehead atoms. The highest BCUT2D eigenvalue weighted by Gasteiger charge is 1.87. The van der Waals surface area contributed by atoms with E-state index < -0.39 is 5.97 Å². The first-order chi connectivity index (χ1) is 7.29. The van der Waals surface area contributed by atoms with Crippen molar-refractivity contribution in [3.8, 4) is 0 Å². The van der Waals surface area contributed by atoms with Gasteiger partial charge in [0.2, 0.25) is 0 Å². The molecule has 0 saturated heterocycles. The van der Waals surface area contributed by atoms with E-state index >= 15 is 0 Å². The van der Waals surface area contributed by atoms with Crippen LogP contribution < -0.4 is 0 Å². The van der Waals surface area contributed by atoms with Crippen molar-refractivity contribution in [2.75, 3.05) is 0 Å². The number of allylic oxidation sites excluding steroid dienone is 2. The second-order valence-corrected chi connectivity index (χ2v) is 3.72. The zero-order valence-electron chi connectivity index (χ0n) is 8.17. The van der Waals surface area contributed by atoms with Crippen LogP contribution in [0.5, 0.6) is 0 Å². The van der Waals surface area contributed by atoms with Gasteiger partial charge in [0.25, 0.3) is 0 Å². The molecule has 1 aromatic carbocycles. The number of carboxylic acids is 1. The molecule has 0 unspecified atom stereocenters. The molecule has 0 aromatic heterocycles. The Balaban J connectivity index is 2.25. The van der Waals surface area contributed by atoms with E-state index in [0.717, 1.165) is 11.8 Å². The Morgan fingerprint density at radius 3 is 2.67 bits per heavy atom. The van der Waals surface area contributed by atoms with Gasteiger partial charge < -0.3 is 5.11 Å². The lowest BCUT2D eigenvalue weighted by atomic mass is 10.2. The standard InChI is InChI=1S/C12H12O2S/c13-12(14)8-4-5-9-15-10-11-6-2-1-3-7-11/h1-9H,10H2,(H,13,14)/b8-4+,9-5+. The first-order valence-corrected chi connectivity index (χ1v) is 5.55. The quantitative estimate of drug-likeness (QED) is 0.612. The van der Waals surface area contributed by atoms with Crippen LogP contribution in [0.25, 0.3) is 0 Å². The zero-order valence-corrected chi connectivity index (χ0v) is 8.98. The fourth-order valence-corrected chi connectivity index (χ4v) is 1.64. The Labute approximate surface area is 93.3 Å². The lowest BCUT2D eigenvalue weighted by molar-refractivity contribution is -0.131. The van der Waals surface area contributed by atoms with Crippen molar-refractivity contribution in [1.82, 2.24) is 0 Å². The number of carbonyl (C=O) groups is 1. The summed E-state index contributed by atoms with van der Waals surface area (Å²) in [5.74, 6) is -0.0224. The number of rotatable bonds is 5. The highest BCUT2D eigenvalue weighted by Crippen LogP contribution is 2.12. The summed E-state index contributed by atoms with van der Waals surface area (Å²) >= 11 is 1.63. The van der Waals surface area contributed by atoms with Crippen LogP contribution in [0, 0.1) is 0 Å². The molecular formula is C12H12O2S. The van der Waals surface area contributed by atoms with E-state index in [1.54, 1.807) is 17.8 Å². The molecule has 0 radical (unpaired) electrons. The summed E-state index contributed by atoms with van der Waals surface area (Å²) in [6, 6.07) is 10.1. The third kappa shape index (κ3) is 5.75. The van der Waals surface area contributed by atoms with Gasteiger partial charge in [0.15, 0.2) is 0 Å². The molecule has 15 heavy (non-hydrogen) atoms. The predicted octanol–water partition coefficient (Wildman–Crippen LogP) is 3.07. The van der Waals surface area contributed by atoms with Crippen LogP contribution in [0.1, 0.15) is 5.56 Å². The second-order valence-electron chi connectivity index (χ2n) is 2.82. The van der Waals surface area contributed by atoms with Crippen molar-refractivity contribution in [2.45, 2.75) is 5.75 Å². The van der Waals surface area contributed by atoms with E-state index in [9.17, 15) is 4.79 Å². The zero-order chi connectivity index (χ0) is 10.9. The number of aliphatic carboxylic acids is 1. The fourth-order valence-electron chi connectivity index (χ4n) is 0.957. The monoisotopic (exact) mass is 220 g/mol. The Morgan fingerprint density at radius 1 is 1.27 bits per heavy atom. The highest BCUT2D eigenvalue weighted by molar-refractivity contribution is 8.01. The summed E-state index contributed by atoms with van der Waals surface area (Å²) in [5.41, 5.74) is 1.26. The summed E-state index contributed by atoms with van der Waals surface area (Å²) in [6.45, 7) is 0. The molecule has 0 aliphatic heterocycles. The van der Waals surface area contributed by atoms with Crippen molar-refractivity contribution in [3.05, 3.63) is 59.5 Å². The third-order valence-corrected chi connectivity index (χ3v) is 2.47. The number of hydrogen-bond donors (Lipinski definition) is 1. The topological polar surface area (TPSA) is 37.3 Å². The van der Waals surface area contributed by atoms with E-state index in [1.807, 2.05) is 23.6 Å². The van der Waals surface area contributed by atoms with Crippen LogP contribution >= 0.6 is 11.8 Å². The molecule has 1 rings (SSSR count). The van der Waals surface area contributed by atoms with Crippen molar-refractivity contribution < 1.29 is 9.90 Å². The van der Waals surface area contributed by atoms with Crippen molar-refractivity contribution in [1.29, 1.82) is 0 Å². The number of benzene rings is 1. The average molecular weight is 220 g/mol. The normalized spacial score (nSPS) is 11.2. The van der Waals surface area contributed by atoms with Crippen molar-refractivity contribution in [3.63, 3.8) is 0 Å². The molecule has 0 fully saturated rings. The maximum atomic E-state index is 10.1. The molecule has 0 amide bonds. The largest absolute Gasteiger partial charge is 0.478 e. The maximum Gasteiger partial charge on any atom is 0.328 e. The Bertz CT molecular complexity index is 355. The molecule has 78 valence electrons. The number of hydrogen-bond acceptors (Lipinski definition) is 2. The summed E-state index contributed by atoms with van der Waals surface area (Å²) < 4.78 is 0. The molecule has 3 heteroatoms. The van der Waals surface area contributed by atoms with Crippen LogP contribution in [0.2, 0.25) is 0 Å². The van der Waals surface area contributed by atoms with E-state index in [-0.39, 0.29) is 0 Å². The minimum atomic E-state index is -0.923. The van der Waals surface area contributed by atoms with Gasteiger partial charge in [-0.25, -0.2) is 4.79 Å². The molecule has 1 N–H and O–H groups in total. The minimum Gasteiger partial charge on any atom is -0.478 e. The molecule has 0 spiro atoms. The van der Waals surface area contributed by atoms with Gasteiger partial charge in [0, 0.05) is 11.8 Å². The number of thioether (sulfide) groups is 1. The van der Waals surface area contributed by atoms with E-state index in [1.165, 1.54) is 11.6 Å². The van der Waals surface area contributed by atoms with E-state index in [0.29, 0.717) is 0 Å². The first-order valence-electron chi connectivity index (χ1n) is 4.51. The maximum absolute atomic E-state index is 10.1. The van der Waals surface area contributed by atoms with Gasteiger partial charge in [0.1, 0.15) is 0 Å². The van der Waals surface area contributed by atoms with Crippen LogP contribution in [0.4, 0.5) is 0 Å². The highest BCUT2D eigenvalue weighted by atomic mass is 32.2. The smallest absolute Gasteiger partial charge is 0.328 e. The molecule has 0 aliphatic rings. The van der Waals surface area contributed by atoms with Crippen LogP contribution in [0.3, 0.4) is 0 Å². The first kappa shape index (κ1) is 11.6. The van der Waals surface area contributed by atoms with Crippen LogP contribution in [-0.4, -0.2) is 11.1 Å². The summed E-state index contributed by atoms with van der Waals surface area (Å²) in [5, 5.41) is 10.2. The number of carboxylic acid groups (broad SMARTS) is 1. The van der Waals surface area contributed by atoms with Gasteiger partial charge in [-0.05, 0) is 11.0 Å². The molecule has 0 heterocycles. The molecule has 1 aromatic rings. The molecule has 0 saturated carbocycles. The fraction of sp³-hybridized carbons (Fsp3) is 0.0833. The average Bonchev–Trinajstić information content (AvgIpc) is 2.24. The summed E-state index contributed by atoms with van der Waals surface area (Å²) in [7, 11) is 0. The van der Waals surface area contributed by atoms with Crippen molar-refractivity contribution in [2.24, 2.45) is 0 Å². The van der Waals surface area contributed by atoms with Crippen LogP contribution in [-0.2, 0) is 10.5 Å². The summed E-state index contributed by atoms with van der Waals surface area (Å²) in [6.07, 6.45) is 4.35. The van der Waals surface area contributed by atoms with Gasteiger partial charge in [-0.15, -0.1) is 11.8 Å². The lowest BCUT2D eigenvalue weighted by Gasteiger charge is -1.95. The Hall–Kier alpha value is -1.48. The molecule has 0 atom stereocenters. The predicted molar refractivity (Wildman–Crippen MR) is 63.7 cm³/mol. The molecule has 2 nitrogen and oxygen atoms in total. The minimum absolute atomic E-state index is 0.901. The van der Waals surface area contributed by atoms with Gasteiger partial charge in [0.05, 0.1) is 0 Å². The van der Waals surface area contributed by atoms with Gasteiger partial charge in [-0.2, -0.15) is 0 Å². The molecular weight excluding hydrogens is 208 g/mol. The van der Waals surface area contributed by atoms with Gasteiger partial charge in [-0.3, -0.25) is 0 Å². The van der Waals surface area contributed by atoms with Gasteiger partial charge in [-0.1, -0.05) is 42.5 Å². The Morgan fingerprint density at radius 2 is 2.00 bits per heavy atom. The van der Waals surface area contributed by atoms with E-state index in [2.05, 4.69) is 12.1 Å². The lowest BCUT2D eigenvalue weighted by Crippen LogP contribution is -1.84. The Kier molecular flexibility index (Phi) is 5.33. The third-order valence-electron chi connectivity index (χ3n) is 1.62. The summed E-state index contributed by atoms with van der Waals surface area (Å²) in [4.78, 5) is 10.1. The second kappa shape index (κ2) is 6.90. The SMILES string of the molecule is O=C(O)/C=C/C=C/SCc1ccccc1.